The number of hydrogen-bond acceptors (Lipinski definition) is 6. The van der Waals surface area contributed by atoms with E-state index in [4.69, 9.17) is 14.9 Å². The van der Waals surface area contributed by atoms with Gasteiger partial charge in [0.2, 0.25) is 12.1 Å². The Hall–Kier alpha value is -3.06. The number of phenolic OH excluding ortho intramolecular Hbond substituents is 1. The summed E-state index contributed by atoms with van der Waals surface area (Å²) in [5.41, 5.74) is 7.82. The van der Waals surface area contributed by atoms with Gasteiger partial charge in [-0.1, -0.05) is 11.1 Å². The van der Waals surface area contributed by atoms with E-state index >= 15 is 0 Å². The highest BCUT2D eigenvalue weighted by Crippen LogP contribution is 2.48. The van der Waals surface area contributed by atoms with Gasteiger partial charge >= 0.3 is 5.88 Å². The molecule has 0 bridgehead atoms. The first kappa shape index (κ1) is 14.5. The Morgan fingerprint density at radius 1 is 1.29 bits per heavy atom. The highest BCUT2D eigenvalue weighted by atomic mass is 16.5. The number of ether oxygens (including phenoxy) is 1. The van der Waals surface area contributed by atoms with Crippen molar-refractivity contribution in [1.82, 2.24) is 4.98 Å². The molecule has 1 atom stereocenters. The number of aliphatic hydroxyl groups is 1. The standard InChI is InChI=1S/C17H15N3O4/c18-16-15-14(12-2-1-7-23-12)11-4-3-10(22)8-13(11)24-17(15)19-9-20(16)5-6-21/h1-4,7-9,14,18,21-22H,5-6H2/p+1/t14-/m0/s1. The van der Waals surface area contributed by atoms with Crippen LogP contribution in [0.2, 0.25) is 0 Å². The maximum absolute atomic E-state index is 9.74. The van der Waals surface area contributed by atoms with Crippen molar-refractivity contribution < 1.29 is 23.9 Å². The summed E-state index contributed by atoms with van der Waals surface area (Å²) in [5.74, 6) is 1.82. The van der Waals surface area contributed by atoms with Gasteiger partial charge in [-0.2, -0.15) is 0 Å². The van der Waals surface area contributed by atoms with Crippen LogP contribution in [0.15, 0.2) is 47.3 Å². The molecular weight excluding hydrogens is 310 g/mol. The minimum absolute atomic E-state index is 0.0495. The number of nitrogen functional groups attached to an aromatic ring is 1. The van der Waals surface area contributed by atoms with Crippen molar-refractivity contribution in [2.24, 2.45) is 0 Å². The van der Waals surface area contributed by atoms with Crippen LogP contribution in [0, 0.1) is 0 Å². The van der Waals surface area contributed by atoms with Crippen LogP contribution in [-0.4, -0.2) is 21.8 Å². The second kappa shape index (κ2) is 5.54. The molecule has 0 aliphatic carbocycles. The van der Waals surface area contributed by atoms with E-state index in [1.54, 1.807) is 35.1 Å². The molecule has 1 aliphatic rings. The summed E-state index contributed by atoms with van der Waals surface area (Å²) in [6.07, 6.45) is 3.12. The van der Waals surface area contributed by atoms with E-state index in [9.17, 15) is 10.2 Å². The van der Waals surface area contributed by atoms with Gasteiger partial charge in [-0.15, -0.1) is 0 Å². The number of benzene rings is 1. The summed E-state index contributed by atoms with van der Waals surface area (Å²) in [6, 6.07) is 8.58. The SMILES string of the molecule is Nc1c2c(nc[n+]1CCO)Oc1cc(O)ccc1[C@H]2c1ccco1. The Morgan fingerprint density at radius 3 is 2.92 bits per heavy atom. The number of nitrogens with two attached hydrogens (primary N) is 1. The van der Waals surface area contributed by atoms with Gasteiger partial charge in [0.25, 0.3) is 0 Å². The van der Waals surface area contributed by atoms with Gasteiger partial charge in [0.15, 0.2) is 0 Å². The molecule has 3 aromatic rings. The monoisotopic (exact) mass is 326 g/mol. The number of nitrogens with zero attached hydrogens (tertiary/aromatic N) is 2. The Balaban J connectivity index is 1.96. The molecule has 0 spiro atoms. The quantitative estimate of drug-likeness (QED) is 0.493. The van der Waals surface area contributed by atoms with E-state index < -0.39 is 0 Å². The Morgan fingerprint density at radius 2 is 2.17 bits per heavy atom. The van der Waals surface area contributed by atoms with Crippen LogP contribution in [0.4, 0.5) is 5.82 Å². The summed E-state index contributed by atoms with van der Waals surface area (Å²) >= 11 is 0. The average molecular weight is 326 g/mol. The van der Waals surface area contributed by atoms with Gasteiger partial charge in [-0.3, -0.25) is 0 Å². The van der Waals surface area contributed by atoms with Crippen molar-refractivity contribution in [3.8, 4) is 17.4 Å². The maximum Gasteiger partial charge on any atom is 0.306 e. The van der Waals surface area contributed by atoms with Crippen LogP contribution in [0.5, 0.6) is 17.4 Å². The Bertz CT molecular complexity index is 893. The number of aliphatic hydroxyl groups excluding tert-OH is 1. The molecule has 122 valence electrons. The molecule has 0 unspecified atom stereocenters. The van der Waals surface area contributed by atoms with Crippen molar-refractivity contribution in [3.63, 3.8) is 0 Å². The average Bonchev–Trinajstić information content (AvgIpc) is 3.10. The van der Waals surface area contributed by atoms with E-state index in [1.165, 1.54) is 6.33 Å². The van der Waals surface area contributed by atoms with Crippen LogP contribution in [0.1, 0.15) is 22.8 Å². The second-order valence-corrected chi connectivity index (χ2v) is 5.54. The van der Waals surface area contributed by atoms with Crippen LogP contribution in [-0.2, 0) is 6.54 Å². The smallest absolute Gasteiger partial charge is 0.306 e. The third-order valence-electron chi connectivity index (χ3n) is 4.10. The Kier molecular flexibility index (Phi) is 3.35. The molecule has 1 aromatic carbocycles. The van der Waals surface area contributed by atoms with Crippen molar-refractivity contribution in [2.45, 2.75) is 12.5 Å². The van der Waals surface area contributed by atoms with Crippen LogP contribution in [0.25, 0.3) is 0 Å². The number of rotatable bonds is 3. The number of aromatic hydroxyl groups is 1. The van der Waals surface area contributed by atoms with Gasteiger partial charge in [-0.25, -0.2) is 4.57 Å². The molecule has 0 saturated heterocycles. The molecule has 0 saturated carbocycles. The molecule has 7 nitrogen and oxygen atoms in total. The molecule has 0 radical (unpaired) electrons. The van der Waals surface area contributed by atoms with Gasteiger partial charge in [0.05, 0.1) is 25.3 Å². The number of fused-ring (bicyclic) bond motifs is 2. The first-order valence-corrected chi connectivity index (χ1v) is 7.52. The first-order valence-electron chi connectivity index (χ1n) is 7.52. The molecule has 3 heterocycles. The van der Waals surface area contributed by atoms with E-state index in [0.29, 0.717) is 35.3 Å². The molecule has 0 amide bonds. The number of phenols is 1. The summed E-state index contributed by atoms with van der Waals surface area (Å²) in [5, 5.41) is 18.9. The topological polar surface area (TPSA) is 106 Å². The van der Waals surface area contributed by atoms with Gasteiger partial charge < -0.3 is 25.1 Å². The minimum Gasteiger partial charge on any atom is -0.508 e. The molecular formula is C17H16N3O4+. The lowest BCUT2D eigenvalue weighted by Crippen LogP contribution is -2.41. The van der Waals surface area contributed by atoms with Gasteiger partial charge in [0, 0.05) is 11.6 Å². The number of aromatic nitrogens is 2. The van der Waals surface area contributed by atoms with Crippen molar-refractivity contribution >= 4 is 5.82 Å². The molecule has 4 rings (SSSR count). The van der Waals surface area contributed by atoms with E-state index in [0.717, 1.165) is 5.56 Å². The largest absolute Gasteiger partial charge is 0.508 e. The third-order valence-corrected chi connectivity index (χ3v) is 4.10. The summed E-state index contributed by atoms with van der Waals surface area (Å²) in [4.78, 5) is 4.31. The fourth-order valence-corrected chi connectivity index (χ4v) is 3.02. The molecule has 1 aliphatic heterocycles. The highest BCUT2D eigenvalue weighted by Gasteiger charge is 2.37. The molecule has 4 N–H and O–H groups in total. The zero-order valence-electron chi connectivity index (χ0n) is 12.7. The van der Waals surface area contributed by atoms with Crippen LogP contribution in [0.3, 0.4) is 0 Å². The minimum atomic E-state index is -0.307. The second-order valence-electron chi connectivity index (χ2n) is 5.54. The first-order chi connectivity index (χ1) is 11.7. The fourth-order valence-electron chi connectivity index (χ4n) is 3.02. The lowest BCUT2D eigenvalue weighted by molar-refractivity contribution is -0.687. The van der Waals surface area contributed by atoms with Crippen molar-refractivity contribution in [3.05, 3.63) is 59.8 Å². The highest BCUT2D eigenvalue weighted by molar-refractivity contribution is 5.60. The van der Waals surface area contributed by atoms with Gasteiger partial charge in [-0.05, 0) is 18.2 Å². The van der Waals surface area contributed by atoms with Crippen LogP contribution < -0.4 is 15.0 Å². The number of hydrogen-bond donors (Lipinski definition) is 3. The summed E-state index contributed by atoms with van der Waals surface area (Å²) < 4.78 is 13.1. The predicted octanol–water partition coefficient (Wildman–Crippen LogP) is 1.53. The van der Waals surface area contributed by atoms with Crippen molar-refractivity contribution in [2.75, 3.05) is 12.3 Å². The van der Waals surface area contributed by atoms with Gasteiger partial charge in [0.1, 0.15) is 22.8 Å². The van der Waals surface area contributed by atoms with E-state index in [2.05, 4.69) is 4.98 Å². The molecule has 24 heavy (non-hydrogen) atoms. The van der Waals surface area contributed by atoms with E-state index in [-0.39, 0.29) is 18.3 Å². The normalized spacial score (nSPS) is 15.5. The zero-order chi connectivity index (χ0) is 16.7. The van der Waals surface area contributed by atoms with E-state index in [1.807, 2.05) is 6.07 Å². The van der Waals surface area contributed by atoms with Crippen molar-refractivity contribution in [1.29, 1.82) is 0 Å². The predicted molar refractivity (Wildman–Crippen MR) is 83.8 cm³/mol. The lowest BCUT2D eigenvalue weighted by Gasteiger charge is -2.25. The Labute approximate surface area is 137 Å². The summed E-state index contributed by atoms with van der Waals surface area (Å²) in [7, 11) is 0. The molecule has 2 aromatic heterocycles. The molecule has 7 heteroatoms. The van der Waals surface area contributed by atoms with Crippen LogP contribution >= 0.6 is 0 Å². The third kappa shape index (κ3) is 2.17. The molecule has 0 fully saturated rings. The zero-order valence-corrected chi connectivity index (χ0v) is 12.7. The fraction of sp³-hybridized carbons (Fsp3) is 0.176. The lowest BCUT2D eigenvalue weighted by atomic mass is 9.87. The number of furan rings is 1. The summed E-state index contributed by atoms with van der Waals surface area (Å²) in [6.45, 7) is 0.283. The number of anilines is 1. The maximum atomic E-state index is 9.74.